The molecule has 1 heterocycles. The Bertz CT molecular complexity index is 347. The van der Waals surface area contributed by atoms with Gasteiger partial charge in [-0.05, 0) is 20.3 Å². The molecule has 0 saturated heterocycles. The Balaban J connectivity index is 2.63. The summed E-state index contributed by atoms with van der Waals surface area (Å²) in [6, 6.07) is 1.94. The van der Waals surface area contributed by atoms with Crippen LogP contribution in [0.4, 0.5) is 5.82 Å². The Kier molecular flexibility index (Phi) is 6.22. The van der Waals surface area contributed by atoms with Gasteiger partial charge >= 0.3 is 0 Å². The average Bonchev–Trinajstić information content (AvgIpc) is 2.26. The Morgan fingerprint density at radius 3 is 2.82 bits per heavy atom. The third-order valence-corrected chi connectivity index (χ3v) is 2.37. The maximum atomic E-state index is 5.95. The van der Waals surface area contributed by atoms with Crippen LogP contribution in [0.2, 0.25) is 5.15 Å². The van der Waals surface area contributed by atoms with E-state index < -0.39 is 0 Å². The largest absolute Gasteiger partial charge is 0.380 e. The molecule has 0 aliphatic rings. The molecule has 1 unspecified atom stereocenters. The Morgan fingerprint density at radius 2 is 2.18 bits per heavy atom. The van der Waals surface area contributed by atoms with E-state index in [1.54, 1.807) is 6.07 Å². The van der Waals surface area contributed by atoms with E-state index in [0.29, 0.717) is 11.8 Å². The van der Waals surface area contributed by atoms with Crippen LogP contribution < -0.4 is 5.32 Å². The molecule has 0 saturated carbocycles. The molecule has 0 amide bonds. The minimum absolute atomic E-state index is 0.204. The van der Waals surface area contributed by atoms with Gasteiger partial charge in [0.15, 0.2) is 0 Å². The number of aryl methyl sites for hydroxylation is 1. The normalized spacial score (nSPS) is 12.5. The molecule has 4 nitrogen and oxygen atoms in total. The lowest BCUT2D eigenvalue weighted by atomic mass is 10.3. The second-order valence-corrected chi connectivity index (χ2v) is 4.33. The van der Waals surface area contributed by atoms with E-state index in [1.165, 1.54) is 0 Å². The van der Waals surface area contributed by atoms with Crippen LogP contribution in [-0.4, -0.2) is 29.2 Å². The van der Waals surface area contributed by atoms with Crippen LogP contribution in [0, 0.1) is 0 Å². The van der Waals surface area contributed by atoms with Crippen LogP contribution in [0.25, 0.3) is 0 Å². The molecule has 0 fully saturated rings. The summed E-state index contributed by atoms with van der Waals surface area (Å²) in [5.41, 5.74) is 0. The topological polar surface area (TPSA) is 47.0 Å². The van der Waals surface area contributed by atoms with Gasteiger partial charge in [-0.1, -0.05) is 18.5 Å². The first-order valence-electron chi connectivity index (χ1n) is 6.03. The van der Waals surface area contributed by atoms with Gasteiger partial charge in [0.1, 0.15) is 16.8 Å². The van der Waals surface area contributed by atoms with Crippen molar-refractivity contribution in [1.29, 1.82) is 0 Å². The van der Waals surface area contributed by atoms with E-state index in [2.05, 4.69) is 22.2 Å². The molecule has 0 spiro atoms. The summed E-state index contributed by atoms with van der Waals surface area (Å²) in [6.45, 7) is 7.49. The molecule has 0 aromatic carbocycles. The summed E-state index contributed by atoms with van der Waals surface area (Å²) in [4.78, 5) is 8.59. The second-order valence-electron chi connectivity index (χ2n) is 3.95. The number of nitrogens with one attached hydrogen (secondary N) is 1. The lowest BCUT2D eigenvalue weighted by molar-refractivity contribution is 0.141. The first-order chi connectivity index (χ1) is 8.15. The first-order valence-corrected chi connectivity index (χ1v) is 6.41. The third kappa shape index (κ3) is 5.33. The summed E-state index contributed by atoms with van der Waals surface area (Å²) >= 11 is 5.95. The van der Waals surface area contributed by atoms with Gasteiger partial charge in [0.05, 0.1) is 6.61 Å². The fourth-order valence-electron chi connectivity index (χ4n) is 1.46. The molecule has 96 valence electrons. The number of hydrogen-bond acceptors (Lipinski definition) is 4. The standard InChI is InChI=1S/C12H20ClN3O/c1-4-6-11-15-10(13)7-12(16-11)14-9(3)8-17-5-2/h7,9H,4-6,8H2,1-3H3,(H,14,15,16). The molecule has 1 aromatic rings. The molecule has 0 aliphatic heterocycles. The predicted octanol–water partition coefficient (Wildman–Crippen LogP) is 2.92. The molecular formula is C12H20ClN3O. The Hall–Kier alpha value is -0.870. The van der Waals surface area contributed by atoms with Crippen molar-refractivity contribution in [3.8, 4) is 0 Å². The van der Waals surface area contributed by atoms with E-state index >= 15 is 0 Å². The number of ether oxygens (including phenoxy) is 1. The van der Waals surface area contributed by atoms with Crippen LogP contribution >= 0.6 is 11.6 Å². The molecular weight excluding hydrogens is 238 g/mol. The maximum Gasteiger partial charge on any atom is 0.134 e. The molecule has 5 heteroatoms. The molecule has 0 aliphatic carbocycles. The minimum atomic E-state index is 0.204. The molecule has 1 rings (SSSR count). The van der Waals surface area contributed by atoms with Gasteiger partial charge in [0, 0.05) is 25.1 Å². The number of aromatic nitrogens is 2. The van der Waals surface area contributed by atoms with Crippen molar-refractivity contribution < 1.29 is 4.74 Å². The van der Waals surface area contributed by atoms with Crippen LogP contribution in [0.3, 0.4) is 0 Å². The zero-order valence-corrected chi connectivity index (χ0v) is 11.4. The van der Waals surface area contributed by atoms with Gasteiger partial charge in [-0.25, -0.2) is 9.97 Å². The highest BCUT2D eigenvalue weighted by Gasteiger charge is 2.06. The fourth-order valence-corrected chi connectivity index (χ4v) is 1.66. The Morgan fingerprint density at radius 1 is 1.41 bits per heavy atom. The lowest BCUT2D eigenvalue weighted by Crippen LogP contribution is -2.22. The summed E-state index contributed by atoms with van der Waals surface area (Å²) in [7, 11) is 0. The van der Waals surface area contributed by atoms with Gasteiger partial charge < -0.3 is 10.1 Å². The van der Waals surface area contributed by atoms with E-state index in [1.807, 2.05) is 13.8 Å². The molecule has 1 N–H and O–H groups in total. The number of hydrogen-bond donors (Lipinski definition) is 1. The van der Waals surface area contributed by atoms with Crippen molar-refractivity contribution in [2.75, 3.05) is 18.5 Å². The van der Waals surface area contributed by atoms with Crippen molar-refractivity contribution in [3.63, 3.8) is 0 Å². The number of rotatable bonds is 7. The van der Waals surface area contributed by atoms with Crippen molar-refractivity contribution in [1.82, 2.24) is 9.97 Å². The predicted molar refractivity (Wildman–Crippen MR) is 70.6 cm³/mol. The zero-order chi connectivity index (χ0) is 12.7. The third-order valence-electron chi connectivity index (χ3n) is 2.18. The van der Waals surface area contributed by atoms with Crippen molar-refractivity contribution in [3.05, 3.63) is 17.0 Å². The van der Waals surface area contributed by atoms with Gasteiger partial charge in [-0.3, -0.25) is 0 Å². The van der Waals surface area contributed by atoms with Crippen molar-refractivity contribution in [2.24, 2.45) is 0 Å². The maximum absolute atomic E-state index is 5.95. The summed E-state index contributed by atoms with van der Waals surface area (Å²) < 4.78 is 5.34. The van der Waals surface area contributed by atoms with Crippen LogP contribution in [0.15, 0.2) is 6.07 Å². The van der Waals surface area contributed by atoms with Crippen LogP contribution in [0.1, 0.15) is 33.0 Å². The molecule has 0 bridgehead atoms. The fraction of sp³-hybridized carbons (Fsp3) is 0.667. The van der Waals surface area contributed by atoms with Gasteiger partial charge in [0.25, 0.3) is 0 Å². The quantitative estimate of drug-likeness (QED) is 0.763. The number of nitrogens with zero attached hydrogens (tertiary/aromatic N) is 2. The summed E-state index contributed by atoms with van der Waals surface area (Å²) in [5, 5.41) is 3.74. The minimum Gasteiger partial charge on any atom is -0.380 e. The summed E-state index contributed by atoms with van der Waals surface area (Å²) in [6.07, 6.45) is 1.85. The smallest absolute Gasteiger partial charge is 0.134 e. The van der Waals surface area contributed by atoms with E-state index in [0.717, 1.165) is 31.1 Å². The first kappa shape index (κ1) is 14.2. The monoisotopic (exact) mass is 257 g/mol. The molecule has 1 aromatic heterocycles. The number of halogens is 1. The van der Waals surface area contributed by atoms with Gasteiger partial charge in [0.2, 0.25) is 0 Å². The highest BCUT2D eigenvalue weighted by atomic mass is 35.5. The van der Waals surface area contributed by atoms with Gasteiger partial charge in [-0.2, -0.15) is 0 Å². The van der Waals surface area contributed by atoms with Gasteiger partial charge in [-0.15, -0.1) is 0 Å². The molecule has 0 radical (unpaired) electrons. The molecule has 17 heavy (non-hydrogen) atoms. The Labute approximate surface area is 108 Å². The van der Waals surface area contributed by atoms with Crippen molar-refractivity contribution >= 4 is 17.4 Å². The van der Waals surface area contributed by atoms with Crippen LogP contribution in [-0.2, 0) is 11.2 Å². The zero-order valence-electron chi connectivity index (χ0n) is 10.7. The second kappa shape index (κ2) is 7.45. The molecule has 1 atom stereocenters. The van der Waals surface area contributed by atoms with E-state index in [4.69, 9.17) is 16.3 Å². The number of anilines is 1. The lowest BCUT2D eigenvalue weighted by Gasteiger charge is -2.14. The highest BCUT2D eigenvalue weighted by molar-refractivity contribution is 6.29. The summed E-state index contributed by atoms with van der Waals surface area (Å²) in [5.74, 6) is 1.55. The van der Waals surface area contributed by atoms with Crippen LogP contribution in [0.5, 0.6) is 0 Å². The van der Waals surface area contributed by atoms with Crippen molar-refractivity contribution in [2.45, 2.75) is 39.7 Å². The highest BCUT2D eigenvalue weighted by Crippen LogP contribution is 2.13. The average molecular weight is 258 g/mol. The SMILES string of the molecule is CCCc1nc(Cl)cc(NC(C)COCC)n1. The van der Waals surface area contributed by atoms with E-state index in [-0.39, 0.29) is 6.04 Å². The van der Waals surface area contributed by atoms with E-state index in [9.17, 15) is 0 Å².